The molecular formula is C29H36F3NO2. The highest BCUT2D eigenvalue weighted by Crippen LogP contribution is 2.67. The average Bonchev–Trinajstić information content (AvgIpc) is 3.16. The van der Waals surface area contributed by atoms with E-state index in [1.54, 1.807) is 6.07 Å². The molecule has 0 radical (unpaired) electrons. The van der Waals surface area contributed by atoms with Gasteiger partial charge >= 0.3 is 6.18 Å². The van der Waals surface area contributed by atoms with Crippen molar-refractivity contribution < 1.29 is 22.8 Å². The Morgan fingerprint density at radius 3 is 2.49 bits per heavy atom. The molecule has 6 atom stereocenters. The molecule has 0 spiro atoms. The van der Waals surface area contributed by atoms with Crippen molar-refractivity contribution in [2.45, 2.75) is 78.3 Å². The molecule has 3 unspecified atom stereocenters. The van der Waals surface area contributed by atoms with E-state index < -0.39 is 11.7 Å². The minimum Gasteiger partial charge on any atom is -0.356 e. The van der Waals surface area contributed by atoms with Crippen LogP contribution in [0.4, 0.5) is 13.2 Å². The Morgan fingerprint density at radius 2 is 1.77 bits per heavy atom. The van der Waals surface area contributed by atoms with E-state index in [0.29, 0.717) is 49.1 Å². The van der Waals surface area contributed by atoms with E-state index in [-0.39, 0.29) is 34.0 Å². The van der Waals surface area contributed by atoms with Gasteiger partial charge < -0.3 is 5.32 Å². The van der Waals surface area contributed by atoms with Crippen LogP contribution in [0.2, 0.25) is 0 Å². The number of fused-ring (bicyclic) bond motifs is 5. The second-order valence-corrected chi connectivity index (χ2v) is 11.7. The molecule has 190 valence electrons. The van der Waals surface area contributed by atoms with Crippen molar-refractivity contribution in [3.8, 4) is 0 Å². The molecule has 35 heavy (non-hydrogen) atoms. The van der Waals surface area contributed by atoms with E-state index >= 15 is 0 Å². The molecule has 1 N–H and O–H groups in total. The summed E-state index contributed by atoms with van der Waals surface area (Å²) < 4.78 is 41.7. The predicted molar refractivity (Wildman–Crippen MR) is 129 cm³/mol. The van der Waals surface area contributed by atoms with E-state index in [0.717, 1.165) is 43.7 Å². The number of rotatable bonds is 3. The van der Waals surface area contributed by atoms with Gasteiger partial charge in [0, 0.05) is 24.5 Å². The molecule has 0 saturated heterocycles. The second-order valence-electron chi connectivity index (χ2n) is 11.7. The van der Waals surface area contributed by atoms with Gasteiger partial charge in [-0.3, -0.25) is 9.59 Å². The SMILES string of the molecule is CCNC(=O)[C@H]1CCC2C3CCC4=C(c5ccccc5C(F)(F)F)C(=O)CC[C@]4(C)C3CC[C@@]21C. The fraction of sp³-hybridized carbons (Fsp3) is 0.655. The summed E-state index contributed by atoms with van der Waals surface area (Å²) in [5, 5.41) is 3.04. The van der Waals surface area contributed by atoms with E-state index in [4.69, 9.17) is 0 Å². The Balaban J connectivity index is 1.54. The smallest absolute Gasteiger partial charge is 0.356 e. The van der Waals surface area contributed by atoms with E-state index in [2.05, 4.69) is 19.2 Å². The van der Waals surface area contributed by atoms with Crippen LogP contribution in [0.3, 0.4) is 0 Å². The van der Waals surface area contributed by atoms with Gasteiger partial charge in [-0.15, -0.1) is 0 Å². The Labute approximate surface area is 205 Å². The Kier molecular flexibility index (Phi) is 5.96. The standard InChI is InChI=1S/C29H36F3NO2/c1-4-33-26(35)23-12-11-19-17-9-10-22-25(18-7-5-6-8-21(18)29(30,31)32)24(34)14-16-27(22,2)20(17)13-15-28(19,23)3/h5-8,17,19-20,23H,4,9-16H2,1-3H3,(H,33,35)/t17?,19?,20?,23-,27-,28+/m1/s1. The summed E-state index contributed by atoms with van der Waals surface area (Å²) in [4.78, 5) is 26.0. The molecule has 0 aromatic heterocycles. The van der Waals surface area contributed by atoms with E-state index in [1.807, 2.05) is 6.92 Å². The predicted octanol–water partition coefficient (Wildman–Crippen LogP) is 6.82. The minimum absolute atomic E-state index is 0.0196. The maximum Gasteiger partial charge on any atom is 0.417 e. The monoisotopic (exact) mass is 487 g/mol. The Morgan fingerprint density at radius 1 is 1.03 bits per heavy atom. The van der Waals surface area contributed by atoms with Crippen LogP contribution in [0.25, 0.3) is 5.57 Å². The van der Waals surface area contributed by atoms with Gasteiger partial charge in [0.1, 0.15) is 0 Å². The number of hydrogen-bond acceptors (Lipinski definition) is 2. The summed E-state index contributed by atoms with van der Waals surface area (Å²) in [6, 6.07) is 5.58. The molecule has 1 amide bonds. The number of ketones is 1. The molecule has 3 fully saturated rings. The lowest BCUT2D eigenvalue weighted by atomic mass is 9.46. The summed E-state index contributed by atoms with van der Waals surface area (Å²) in [7, 11) is 0. The molecule has 0 aliphatic heterocycles. The minimum atomic E-state index is -4.50. The first-order valence-electron chi connectivity index (χ1n) is 13.2. The summed E-state index contributed by atoms with van der Waals surface area (Å²) in [6.07, 6.45) is 1.96. The number of carbonyl (C=O) groups excluding carboxylic acids is 2. The van der Waals surface area contributed by atoms with Gasteiger partial charge in [-0.25, -0.2) is 0 Å². The highest BCUT2D eigenvalue weighted by molar-refractivity contribution is 6.23. The van der Waals surface area contributed by atoms with Crippen molar-refractivity contribution in [2.75, 3.05) is 6.54 Å². The maximum atomic E-state index is 13.9. The van der Waals surface area contributed by atoms with Crippen LogP contribution in [0.1, 0.15) is 83.3 Å². The number of hydrogen-bond donors (Lipinski definition) is 1. The summed E-state index contributed by atoms with van der Waals surface area (Å²) in [6.45, 7) is 7.10. The first-order valence-corrected chi connectivity index (χ1v) is 13.2. The van der Waals surface area contributed by atoms with Crippen LogP contribution in [-0.4, -0.2) is 18.2 Å². The van der Waals surface area contributed by atoms with Crippen LogP contribution >= 0.6 is 0 Å². The number of alkyl halides is 3. The topological polar surface area (TPSA) is 46.2 Å². The molecule has 4 aliphatic rings. The lowest BCUT2D eigenvalue weighted by molar-refractivity contribution is -0.138. The normalized spacial score (nSPS) is 36.9. The third kappa shape index (κ3) is 3.69. The summed E-state index contributed by atoms with van der Waals surface area (Å²) in [5.74, 6) is 1.32. The fourth-order valence-corrected chi connectivity index (χ4v) is 8.70. The van der Waals surface area contributed by atoms with Crippen molar-refractivity contribution in [3.63, 3.8) is 0 Å². The zero-order valence-corrected chi connectivity index (χ0v) is 20.9. The van der Waals surface area contributed by atoms with Gasteiger partial charge in [0.05, 0.1) is 5.56 Å². The molecule has 0 bridgehead atoms. The van der Waals surface area contributed by atoms with E-state index in [1.165, 1.54) is 12.1 Å². The van der Waals surface area contributed by atoms with Crippen molar-refractivity contribution in [2.24, 2.45) is 34.5 Å². The number of benzene rings is 1. The number of Topliss-reactive ketones (excluding diaryl/α,β-unsaturated/α-hetero) is 1. The number of allylic oxidation sites excluding steroid dienone is 1. The van der Waals surface area contributed by atoms with Crippen molar-refractivity contribution in [1.82, 2.24) is 5.32 Å². The van der Waals surface area contributed by atoms with Gasteiger partial charge in [0.15, 0.2) is 5.78 Å². The quantitative estimate of drug-likeness (QED) is 0.509. The zero-order valence-electron chi connectivity index (χ0n) is 20.9. The molecule has 3 saturated carbocycles. The molecule has 6 heteroatoms. The lowest BCUT2D eigenvalue weighted by Gasteiger charge is -2.58. The highest BCUT2D eigenvalue weighted by Gasteiger charge is 2.60. The van der Waals surface area contributed by atoms with Gasteiger partial charge in [0.2, 0.25) is 5.91 Å². The lowest BCUT2D eigenvalue weighted by Crippen LogP contribution is -2.52. The second kappa shape index (κ2) is 8.48. The number of nitrogens with one attached hydrogen (secondary N) is 1. The number of halogens is 3. The molecular weight excluding hydrogens is 451 g/mol. The van der Waals surface area contributed by atoms with Gasteiger partial charge in [0.25, 0.3) is 0 Å². The molecule has 1 aromatic carbocycles. The first kappa shape index (κ1) is 24.6. The largest absolute Gasteiger partial charge is 0.417 e. The van der Waals surface area contributed by atoms with Crippen LogP contribution in [-0.2, 0) is 15.8 Å². The third-order valence-corrected chi connectivity index (χ3v) is 10.3. The highest BCUT2D eigenvalue weighted by atomic mass is 19.4. The molecule has 0 heterocycles. The molecule has 1 aromatic rings. The summed E-state index contributed by atoms with van der Waals surface area (Å²) >= 11 is 0. The molecule has 4 aliphatic carbocycles. The number of carbonyl (C=O) groups is 2. The third-order valence-electron chi connectivity index (χ3n) is 10.3. The average molecular weight is 488 g/mol. The van der Waals surface area contributed by atoms with Crippen molar-refractivity contribution >= 4 is 17.3 Å². The van der Waals surface area contributed by atoms with Crippen LogP contribution in [0, 0.1) is 34.5 Å². The molecule has 5 rings (SSSR count). The van der Waals surface area contributed by atoms with Crippen LogP contribution in [0.5, 0.6) is 0 Å². The first-order chi connectivity index (χ1) is 16.5. The summed E-state index contributed by atoms with van der Waals surface area (Å²) in [5.41, 5.74) is 0.351. The van der Waals surface area contributed by atoms with Gasteiger partial charge in [-0.2, -0.15) is 13.2 Å². The van der Waals surface area contributed by atoms with Crippen molar-refractivity contribution in [3.05, 3.63) is 41.0 Å². The Bertz CT molecular complexity index is 1080. The van der Waals surface area contributed by atoms with Gasteiger partial charge in [-0.1, -0.05) is 37.6 Å². The maximum absolute atomic E-state index is 13.9. The fourth-order valence-electron chi connectivity index (χ4n) is 8.70. The zero-order chi connectivity index (χ0) is 25.2. The van der Waals surface area contributed by atoms with Crippen molar-refractivity contribution in [1.29, 1.82) is 0 Å². The number of amides is 1. The van der Waals surface area contributed by atoms with Crippen LogP contribution in [0.15, 0.2) is 29.8 Å². The van der Waals surface area contributed by atoms with Crippen LogP contribution < -0.4 is 5.32 Å². The van der Waals surface area contributed by atoms with E-state index in [9.17, 15) is 22.8 Å². The molecule has 3 nitrogen and oxygen atoms in total. The Hall–Kier alpha value is -2.11. The van der Waals surface area contributed by atoms with Gasteiger partial charge in [-0.05, 0) is 92.1 Å².